The van der Waals surface area contributed by atoms with Crippen molar-refractivity contribution in [1.82, 2.24) is 4.98 Å². The van der Waals surface area contributed by atoms with Crippen LogP contribution in [0.4, 0.5) is 0 Å². The standard InChI is InChI=1S/C13H12ClNO3S/c1-8-3-4-10(7-9(8)2)11-5-6-12(13(16)15-11)19(14,17)18/h3-7H,1-2H3,(H,15,16). The molecule has 0 spiro atoms. The van der Waals surface area contributed by atoms with Crippen LogP contribution in [0.5, 0.6) is 5.88 Å². The Kier molecular flexibility index (Phi) is 3.52. The third-order valence-electron chi connectivity index (χ3n) is 2.90. The van der Waals surface area contributed by atoms with Crippen molar-refractivity contribution >= 4 is 19.7 Å². The fourth-order valence-corrected chi connectivity index (χ4v) is 2.54. The van der Waals surface area contributed by atoms with E-state index in [-0.39, 0.29) is 4.90 Å². The summed E-state index contributed by atoms with van der Waals surface area (Å²) in [5.41, 5.74) is 3.53. The monoisotopic (exact) mass is 297 g/mol. The van der Waals surface area contributed by atoms with Gasteiger partial charge in [-0.15, -0.1) is 0 Å². The highest BCUT2D eigenvalue weighted by Gasteiger charge is 2.17. The average Bonchev–Trinajstić information content (AvgIpc) is 2.31. The Morgan fingerprint density at radius 2 is 1.79 bits per heavy atom. The minimum Gasteiger partial charge on any atom is -0.492 e. The van der Waals surface area contributed by atoms with Crippen LogP contribution in [0.1, 0.15) is 11.1 Å². The van der Waals surface area contributed by atoms with Crippen LogP contribution in [-0.4, -0.2) is 18.5 Å². The van der Waals surface area contributed by atoms with Crippen LogP contribution in [0.3, 0.4) is 0 Å². The van der Waals surface area contributed by atoms with Crippen LogP contribution in [0.25, 0.3) is 11.3 Å². The molecule has 0 amide bonds. The van der Waals surface area contributed by atoms with Gasteiger partial charge in [0, 0.05) is 16.2 Å². The zero-order chi connectivity index (χ0) is 14.2. The molecule has 1 N–H and O–H groups in total. The minimum atomic E-state index is -3.99. The molecule has 1 heterocycles. The first-order chi connectivity index (χ1) is 8.79. The largest absolute Gasteiger partial charge is 0.492 e. The predicted molar refractivity (Wildman–Crippen MR) is 73.9 cm³/mol. The number of aryl methyl sites for hydroxylation is 2. The first-order valence-corrected chi connectivity index (χ1v) is 7.82. The van der Waals surface area contributed by atoms with Crippen molar-refractivity contribution in [2.24, 2.45) is 0 Å². The predicted octanol–water partition coefficient (Wildman–Crippen LogP) is 3.00. The van der Waals surface area contributed by atoms with Gasteiger partial charge < -0.3 is 5.11 Å². The van der Waals surface area contributed by atoms with Crippen LogP contribution in [0.15, 0.2) is 35.2 Å². The summed E-state index contributed by atoms with van der Waals surface area (Å²) in [5, 5.41) is 9.64. The van der Waals surface area contributed by atoms with Crippen molar-refractivity contribution in [2.45, 2.75) is 18.7 Å². The molecule has 4 nitrogen and oxygen atoms in total. The molecule has 2 rings (SSSR count). The van der Waals surface area contributed by atoms with Crippen molar-refractivity contribution in [2.75, 3.05) is 0 Å². The molecule has 1 aromatic heterocycles. The lowest BCUT2D eigenvalue weighted by atomic mass is 10.0. The zero-order valence-corrected chi connectivity index (χ0v) is 12.0. The molecule has 100 valence electrons. The number of halogens is 1. The number of aromatic hydroxyl groups is 1. The van der Waals surface area contributed by atoms with Crippen molar-refractivity contribution in [3.8, 4) is 17.1 Å². The third-order valence-corrected chi connectivity index (χ3v) is 4.25. The highest BCUT2D eigenvalue weighted by molar-refractivity contribution is 8.13. The zero-order valence-electron chi connectivity index (χ0n) is 10.4. The van der Waals surface area contributed by atoms with Crippen LogP contribution >= 0.6 is 10.7 Å². The lowest BCUT2D eigenvalue weighted by Crippen LogP contribution is -1.95. The topological polar surface area (TPSA) is 67.3 Å². The molecule has 0 bridgehead atoms. The van der Waals surface area contributed by atoms with Gasteiger partial charge in [-0.25, -0.2) is 13.4 Å². The number of rotatable bonds is 2. The molecule has 0 aliphatic rings. The molecule has 2 aromatic rings. The molecule has 0 aliphatic carbocycles. The lowest BCUT2D eigenvalue weighted by Gasteiger charge is -2.06. The Balaban J connectivity index is 2.53. The second-order valence-corrected chi connectivity index (χ2v) is 6.79. The molecule has 0 saturated carbocycles. The number of aromatic nitrogens is 1. The molecule has 19 heavy (non-hydrogen) atoms. The summed E-state index contributed by atoms with van der Waals surface area (Å²) in [7, 11) is 1.19. The number of hydrogen-bond acceptors (Lipinski definition) is 4. The lowest BCUT2D eigenvalue weighted by molar-refractivity contribution is 0.438. The summed E-state index contributed by atoms with van der Waals surface area (Å²) >= 11 is 0. The molecule has 0 radical (unpaired) electrons. The highest BCUT2D eigenvalue weighted by atomic mass is 35.7. The normalized spacial score (nSPS) is 11.5. The van der Waals surface area contributed by atoms with Crippen molar-refractivity contribution in [1.29, 1.82) is 0 Å². The van der Waals surface area contributed by atoms with Crippen LogP contribution < -0.4 is 0 Å². The number of pyridine rings is 1. The Bertz CT molecular complexity index is 742. The van der Waals surface area contributed by atoms with E-state index in [1.165, 1.54) is 12.1 Å². The Morgan fingerprint density at radius 1 is 1.11 bits per heavy atom. The van der Waals surface area contributed by atoms with Crippen LogP contribution in [0, 0.1) is 13.8 Å². The molecule has 0 unspecified atom stereocenters. The summed E-state index contributed by atoms with van der Waals surface area (Å²) in [5.74, 6) is -0.592. The number of nitrogens with zero attached hydrogens (tertiary/aromatic N) is 1. The maximum atomic E-state index is 11.2. The Hall–Kier alpha value is -1.59. The summed E-state index contributed by atoms with van der Waals surface area (Å²) in [4.78, 5) is 3.49. The molecular weight excluding hydrogens is 286 g/mol. The first kappa shape index (κ1) is 13.8. The van der Waals surface area contributed by atoms with E-state index in [4.69, 9.17) is 10.7 Å². The van der Waals surface area contributed by atoms with Gasteiger partial charge in [-0.3, -0.25) is 0 Å². The van der Waals surface area contributed by atoms with E-state index in [1.54, 1.807) is 0 Å². The van der Waals surface area contributed by atoms with E-state index in [1.807, 2.05) is 32.0 Å². The molecular formula is C13H12ClNO3S. The highest BCUT2D eigenvalue weighted by Crippen LogP contribution is 2.28. The Labute approximate surface area is 116 Å². The first-order valence-electron chi connectivity index (χ1n) is 5.51. The van der Waals surface area contributed by atoms with Gasteiger partial charge in [0.25, 0.3) is 9.05 Å². The van der Waals surface area contributed by atoms with Crippen molar-refractivity contribution in [3.05, 3.63) is 41.5 Å². The quantitative estimate of drug-likeness (QED) is 0.865. The summed E-state index contributed by atoms with van der Waals surface area (Å²) in [6.07, 6.45) is 0. The van der Waals surface area contributed by atoms with E-state index in [9.17, 15) is 13.5 Å². The SMILES string of the molecule is Cc1ccc(-c2ccc(S(=O)(=O)Cl)c(O)n2)cc1C. The van der Waals surface area contributed by atoms with Gasteiger partial charge in [-0.2, -0.15) is 0 Å². The molecule has 0 saturated heterocycles. The van der Waals surface area contributed by atoms with Gasteiger partial charge in [-0.05, 0) is 43.2 Å². The van der Waals surface area contributed by atoms with Gasteiger partial charge in [0.1, 0.15) is 4.90 Å². The van der Waals surface area contributed by atoms with E-state index < -0.39 is 14.9 Å². The number of benzene rings is 1. The van der Waals surface area contributed by atoms with Crippen molar-refractivity contribution in [3.63, 3.8) is 0 Å². The smallest absolute Gasteiger partial charge is 0.266 e. The van der Waals surface area contributed by atoms with Gasteiger partial charge in [-0.1, -0.05) is 12.1 Å². The van der Waals surface area contributed by atoms with Gasteiger partial charge >= 0.3 is 0 Å². The second-order valence-electron chi connectivity index (χ2n) is 4.26. The molecule has 1 aromatic carbocycles. The van der Waals surface area contributed by atoms with E-state index in [0.717, 1.165) is 16.7 Å². The Morgan fingerprint density at radius 3 is 2.32 bits per heavy atom. The van der Waals surface area contributed by atoms with Gasteiger partial charge in [0.15, 0.2) is 0 Å². The number of hydrogen-bond donors (Lipinski definition) is 1. The van der Waals surface area contributed by atoms with Gasteiger partial charge in [0.2, 0.25) is 5.88 Å². The van der Waals surface area contributed by atoms with Crippen LogP contribution in [0.2, 0.25) is 0 Å². The summed E-state index contributed by atoms with van der Waals surface area (Å²) in [6, 6.07) is 8.48. The van der Waals surface area contributed by atoms with Crippen LogP contribution in [-0.2, 0) is 9.05 Å². The fraction of sp³-hybridized carbons (Fsp3) is 0.154. The fourth-order valence-electron chi connectivity index (χ4n) is 1.69. The van der Waals surface area contributed by atoms with Gasteiger partial charge in [0.05, 0.1) is 5.69 Å². The van der Waals surface area contributed by atoms with E-state index in [0.29, 0.717) is 5.69 Å². The average molecular weight is 298 g/mol. The van der Waals surface area contributed by atoms with E-state index in [2.05, 4.69) is 4.98 Å². The van der Waals surface area contributed by atoms with Crippen molar-refractivity contribution < 1.29 is 13.5 Å². The van der Waals surface area contributed by atoms with E-state index >= 15 is 0 Å². The third kappa shape index (κ3) is 2.88. The summed E-state index contributed by atoms with van der Waals surface area (Å²) < 4.78 is 22.3. The molecule has 0 aliphatic heterocycles. The maximum Gasteiger partial charge on any atom is 0.266 e. The molecule has 0 atom stereocenters. The summed E-state index contributed by atoms with van der Waals surface area (Å²) in [6.45, 7) is 3.96. The molecule has 6 heteroatoms. The molecule has 0 fully saturated rings. The minimum absolute atomic E-state index is 0.387. The maximum absolute atomic E-state index is 11.2. The second kappa shape index (κ2) is 4.83.